The third-order valence-corrected chi connectivity index (χ3v) is 3.86. The molecule has 0 aliphatic carbocycles. The number of nitrogens with two attached hydrogens (primary N) is 1. The van der Waals surface area contributed by atoms with E-state index < -0.39 is 0 Å². The van der Waals surface area contributed by atoms with Gasteiger partial charge in [0.15, 0.2) is 6.10 Å². The second-order valence-corrected chi connectivity index (χ2v) is 5.85. The van der Waals surface area contributed by atoms with Crippen molar-refractivity contribution >= 4 is 15.9 Å². The monoisotopic (exact) mass is 337 g/mol. The number of aryl methyl sites for hydroxylation is 2. The van der Waals surface area contributed by atoms with Crippen molar-refractivity contribution in [3.05, 3.63) is 51.9 Å². The van der Waals surface area contributed by atoms with E-state index in [-0.39, 0.29) is 12.1 Å². The van der Waals surface area contributed by atoms with Gasteiger partial charge >= 0.3 is 0 Å². The number of furan rings is 1. The van der Waals surface area contributed by atoms with E-state index >= 15 is 0 Å². The van der Waals surface area contributed by atoms with E-state index in [1.807, 2.05) is 51.1 Å². The first-order valence-electron chi connectivity index (χ1n) is 6.76. The minimum Gasteiger partial charge on any atom is -0.480 e. The fourth-order valence-electron chi connectivity index (χ4n) is 2.02. The second kappa shape index (κ2) is 6.46. The Morgan fingerprint density at radius 2 is 2.00 bits per heavy atom. The first kappa shape index (κ1) is 15.1. The van der Waals surface area contributed by atoms with E-state index in [1.54, 1.807) is 0 Å². The molecule has 0 aliphatic rings. The molecule has 4 heteroatoms. The Labute approximate surface area is 128 Å². The molecule has 0 amide bonds. The van der Waals surface area contributed by atoms with Gasteiger partial charge < -0.3 is 14.9 Å². The van der Waals surface area contributed by atoms with Crippen LogP contribution in [0.2, 0.25) is 0 Å². The van der Waals surface area contributed by atoms with E-state index in [4.69, 9.17) is 14.9 Å². The highest BCUT2D eigenvalue weighted by Crippen LogP contribution is 2.32. The zero-order valence-corrected chi connectivity index (χ0v) is 13.6. The summed E-state index contributed by atoms with van der Waals surface area (Å²) in [4.78, 5) is 0. The molecule has 0 aliphatic heterocycles. The Morgan fingerprint density at radius 1 is 1.25 bits per heavy atom. The molecule has 0 saturated carbocycles. The molecule has 0 bridgehead atoms. The SMILES string of the molecule is CCC(N)C(Oc1ccc(C)cc1Br)c1ccc(C)o1. The average molecular weight is 338 g/mol. The summed E-state index contributed by atoms with van der Waals surface area (Å²) >= 11 is 3.53. The van der Waals surface area contributed by atoms with Crippen molar-refractivity contribution < 1.29 is 9.15 Å². The van der Waals surface area contributed by atoms with Crippen LogP contribution in [0.25, 0.3) is 0 Å². The number of halogens is 1. The molecular weight excluding hydrogens is 318 g/mol. The lowest BCUT2D eigenvalue weighted by Gasteiger charge is -2.23. The van der Waals surface area contributed by atoms with Crippen molar-refractivity contribution in [3.63, 3.8) is 0 Å². The third-order valence-electron chi connectivity index (χ3n) is 3.24. The summed E-state index contributed by atoms with van der Waals surface area (Å²) in [5.41, 5.74) is 7.36. The Bertz CT molecular complexity index is 580. The number of hydrogen-bond donors (Lipinski definition) is 1. The lowest BCUT2D eigenvalue weighted by atomic mass is 10.1. The van der Waals surface area contributed by atoms with Gasteiger partial charge in [-0.15, -0.1) is 0 Å². The zero-order chi connectivity index (χ0) is 14.7. The van der Waals surface area contributed by atoms with Crippen LogP contribution in [0, 0.1) is 13.8 Å². The summed E-state index contributed by atoms with van der Waals surface area (Å²) in [6.45, 7) is 6.00. The van der Waals surface area contributed by atoms with E-state index in [0.29, 0.717) is 0 Å². The first-order chi connectivity index (χ1) is 9.51. The normalized spacial score (nSPS) is 14.1. The summed E-state index contributed by atoms with van der Waals surface area (Å²) in [5, 5.41) is 0. The van der Waals surface area contributed by atoms with Gasteiger partial charge in [-0.25, -0.2) is 0 Å². The van der Waals surface area contributed by atoms with Crippen molar-refractivity contribution in [3.8, 4) is 5.75 Å². The molecular formula is C16H20BrNO2. The van der Waals surface area contributed by atoms with Gasteiger partial charge in [-0.1, -0.05) is 13.0 Å². The summed E-state index contributed by atoms with van der Waals surface area (Å²) in [6, 6.07) is 9.73. The largest absolute Gasteiger partial charge is 0.480 e. The van der Waals surface area contributed by atoms with Crippen LogP contribution < -0.4 is 10.5 Å². The van der Waals surface area contributed by atoms with Crippen molar-refractivity contribution in [2.45, 2.75) is 39.3 Å². The number of rotatable bonds is 5. The maximum atomic E-state index is 6.19. The van der Waals surface area contributed by atoms with Gasteiger partial charge in [0.25, 0.3) is 0 Å². The van der Waals surface area contributed by atoms with Crippen LogP contribution in [-0.4, -0.2) is 6.04 Å². The molecule has 2 rings (SSSR count). The second-order valence-electron chi connectivity index (χ2n) is 4.99. The van der Waals surface area contributed by atoms with Gasteiger partial charge in [0.2, 0.25) is 0 Å². The molecule has 1 aromatic carbocycles. The molecule has 0 radical (unpaired) electrons. The molecule has 2 atom stereocenters. The molecule has 2 N–H and O–H groups in total. The van der Waals surface area contributed by atoms with Crippen LogP contribution in [0.1, 0.15) is 36.5 Å². The highest BCUT2D eigenvalue weighted by Gasteiger charge is 2.24. The van der Waals surface area contributed by atoms with Crippen molar-refractivity contribution in [1.82, 2.24) is 0 Å². The maximum Gasteiger partial charge on any atom is 0.171 e. The third kappa shape index (κ3) is 3.44. The molecule has 0 fully saturated rings. The molecule has 1 aromatic heterocycles. The van der Waals surface area contributed by atoms with Crippen LogP contribution in [0.3, 0.4) is 0 Å². The smallest absolute Gasteiger partial charge is 0.171 e. The molecule has 2 unspecified atom stereocenters. The number of ether oxygens (including phenoxy) is 1. The standard InChI is InChI=1S/C16H20BrNO2/c1-4-13(18)16(15-8-6-11(3)19-15)20-14-7-5-10(2)9-12(14)17/h5-9,13,16H,4,18H2,1-3H3. The van der Waals surface area contributed by atoms with Gasteiger partial charge in [0.1, 0.15) is 17.3 Å². The minimum absolute atomic E-state index is 0.117. The molecule has 108 valence electrons. The Hall–Kier alpha value is -1.26. The number of benzene rings is 1. The molecule has 20 heavy (non-hydrogen) atoms. The fraction of sp³-hybridized carbons (Fsp3) is 0.375. The van der Waals surface area contributed by atoms with Crippen molar-refractivity contribution in [2.75, 3.05) is 0 Å². The summed E-state index contributed by atoms with van der Waals surface area (Å²) < 4.78 is 12.7. The highest BCUT2D eigenvalue weighted by molar-refractivity contribution is 9.10. The van der Waals surface area contributed by atoms with E-state index in [9.17, 15) is 0 Å². The quantitative estimate of drug-likeness (QED) is 0.872. The molecule has 3 nitrogen and oxygen atoms in total. The lowest BCUT2D eigenvalue weighted by molar-refractivity contribution is 0.142. The molecule has 0 saturated heterocycles. The van der Waals surface area contributed by atoms with Crippen LogP contribution in [-0.2, 0) is 0 Å². The van der Waals surface area contributed by atoms with Crippen LogP contribution in [0.4, 0.5) is 0 Å². The lowest BCUT2D eigenvalue weighted by Crippen LogP contribution is -2.31. The topological polar surface area (TPSA) is 48.4 Å². The Kier molecular flexibility index (Phi) is 4.89. The summed E-state index contributed by atoms with van der Waals surface area (Å²) in [7, 11) is 0. The summed E-state index contributed by atoms with van der Waals surface area (Å²) in [6.07, 6.45) is 0.529. The molecule has 2 aromatic rings. The predicted octanol–water partition coefficient (Wildman–Crippen LogP) is 4.52. The van der Waals surface area contributed by atoms with E-state index in [0.717, 1.165) is 28.2 Å². The van der Waals surface area contributed by atoms with Crippen molar-refractivity contribution in [2.24, 2.45) is 5.73 Å². The maximum absolute atomic E-state index is 6.19. The molecule has 1 heterocycles. The van der Waals surface area contributed by atoms with Crippen LogP contribution in [0.5, 0.6) is 5.75 Å². The number of hydrogen-bond acceptors (Lipinski definition) is 3. The Balaban J connectivity index is 2.28. The van der Waals surface area contributed by atoms with Crippen LogP contribution >= 0.6 is 15.9 Å². The molecule has 0 spiro atoms. The average Bonchev–Trinajstić information content (AvgIpc) is 2.83. The van der Waals surface area contributed by atoms with Gasteiger partial charge in [-0.05, 0) is 66.0 Å². The fourth-order valence-corrected chi connectivity index (χ4v) is 2.60. The van der Waals surface area contributed by atoms with Crippen molar-refractivity contribution in [1.29, 1.82) is 0 Å². The van der Waals surface area contributed by atoms with E-state index in [1.165, 1.54) is 5.56 Å². The van der Waals surface area contributed by atoms with E-state index in [2.05, 4.69) is 15.9 Å². The first-order valence-corrected chi connectivity index (χ1v) is 7.55. The van der Waals surface area contributed by atoms with Gasteiger partial charge in [-0.3, -0.25) is 0 Å². The Morgan fingerprint density at radius 3 is 2.55 bits per heavy atom. The minimum atomic E-state index is -0.285. The van der Waals surface area contributed by atoms with Gasteiger partial charge in [-0.2, -0.15) is 0 Å². The zero-order valence-electron chi connectivity index (χ0n) is 12.0. The summed E-state index contributed by atoms with van der Waals surface area (Å²) in [5.74, 6) is 2.41. The van der Waals surface area contributed by atoms with Gasteiger partial charge in [0, 0.05) is 6.04 Å². The predicted molar refractivity (Wildman–Crippen MR) is 84.0 cm³/mol. The van der Waals surface area contributed by atoms with Gasteiger partial charge in [0.05, 0.1) is 4.47 Å². The highest BCUT2D eigenvalue weighted by atomic mass is 79.9. The van der Waals surface area contributed by atoms with Crippen LogP contribution in [0.15, 0.2) is 39.2 Å².